The molecule has 0 aliphatic heterocycles. The first-order valence-corrected chi connectivity index (χ1v) is 6.75. The van der Waals surface area contributed by atoms with E-state index in [2.05, 4.69) is 10.3 Å². The summed E-state index contributed by atoms with van der Waals surface area (Å²) in [6, 6.07) is 14.4. The van der Waals surface area contributed by atoms with Gasteiger partial charge in [0.25, 0.3) is 11.5 Å². The number of methoxy groups -OCH3 is 1. The number of anilines is 1. The van der Waals surface area contributed by atoms with Gasteiger partial charge in [0.1, 0.15) is 11.4 Å². The van der Waals surface area contributed by atoms with Gasteiger partial charge in [-0.15, -0.1) is 0 Å². The molecule has 110 valence electrons. The maximum absolute atomic E-state index is 12.4. The van der Waals surface area contributed by atoms with E-state index in [1.165, 1.54) is 13.3 Å². The number of benzene rings is 2. The molecule has 0 bridgehead atoms. The Morgan fingerprint density at radius 1 is 1.09 bits per heavy atom. The van der Waals surface area contributed by atoms with Gasteiger partial charge in [-0.1, -0.05) is 24.3 Å². The monoisotopic (exact) mass is 294 g/mol. The van der Waals surface area contributed by atoms with Gasteiger partial charge in [-0.3, -0.25) is 9.59 Å². The first-order chi connectivity index (χ1) is 10.7. The smallest absolute Gasteiger partial charge is 0.271 e. The van der Waals surface area contributed by atoms with E-state index in [9.17, 15) is 9.59 Å². The summed E-state index contributed by atoms with van der Waals surface area (Å²) in [6.07, 6.45) is 1.51. The molecular formula is C17H14N2O3. The number of aromatic nitrogens is 1. The fourth-order valence-corrected chi connectivity index (χ4v) is 2.28. The number of carbonyl (C=O) groups is 1. The molecule has 0 aliphatic rings. The zero-order chi connectivity index (χ0) is 15.5. The lowest BCUT2D eigenvalue weighted by Gasteiger charge is -2.10. The molecule has 5 nitrogen and oxygen atoms in total. The Bertz CT molecular complexity index is 900. The minimum atomic E-state index is -0.390. The van der Waals surface area contributed by atoms with E-state index >= 15 is 0 Å². The highest BCUT2D eigenvalue weighted by atomic mass is 16.5. The van der Waals surface area contributed by atoms with E-state index in [4.69, 9.17) is 4.74 Å². The van der Waals surface area contributed by atoms with Crippen molar-refractivity contribution in [1.82, 2.24) is 4.98 Å². The number of pyridine rings is 1. The van der Waals surface area contributed by atoms with Crippen molar-refractivity contribution in [2.24, 2.45) is 0 Å². The van der Waals surface area contributed by atoms with E-state index in [0.29, 0.717) is 11.3 Å². The highest BCUT2D eigenvalue weighted by Crippen LogP contribution is 2.26. The van der Waals surface area contributed by atoms with Gasteiger partial charge in [0, 0.05) is 6.20 Å². The van der Waals surface area contributed by atoms with Crippen LogP contribution in [0.2, 0.25) is 0 Å². The van der Waals surface area contributed by atoms with Crippen LogP contribution in [-0.4, -0.2) is 18.0 Å². The summed E-state index contributed by atoms with van der Waals surface area (Å²) >= 11 is 0. The van der Waals surface area contributed by atoms with Crippen LogP contribution in [0.15, 0.2) is 59.5 Å². The highest BCUT2D eigenvalue weighted by molar-refractivity contribution is 6.08. The van der Waals surface area contributed by atoms with Gasteiger partial charge in [-0.2, -0.15) is 0 Å². The van der Waals surface area contributed by atoms with Crippen molar-refractivity contribution in [3.8, 4) is 5.75 Å². The van der Waals surface area contributed by atoms with Crippen LogP contribution in [0.1, 0.15) is 10.4 Å². The van der Waals surface area contributed by atoms with E-state index in [-0.39, 0.29) is 17.2 Å². The number of rotatable bonds is 3. The number of H-pyrrole nitrogens is 1. The maximum atomic E-state index is 12.4. The molecule has 2 aromatic carbocycles. The summed E-state index contributed by atoms with van der Waals surface area (Å²) in [5, 5.41) is 4.51. The molecule has 0 fully saturated rings. The summed E-state index contributed by atoms with van der Waals surface area (Å²) in [5.74, 6) is 0.0721. The minimum absolute atomic E-state index is 0.197. The number of fused-ring (bicyclic) bond motifs is 1. The fourth-order valence-electron chi connectivity index (χ4n) is 2.28. The lowest BCUT2D eigenvalue weighted by molar-refractivity contribution is 0.102. The summed E-state index contributed by atoms with van der Waals surface area (Å²) in [5.41, 5.74) is 0.225. The first kappa shape index (κ1) is 13.9. The lowest BCUT2D eigenvalue weighted by Crippen LogP contribution is -2.19. The van der Waals surface area contributed by atoms with Crippen molar-refractivity contribution in [3.63, 3.8) is 0 Å². The Kier molecular flexibility index (Phi) is 3.62. The Hall–Kier alpha value is -3.08. The Morgan fingerprint density at radius 3 is 2.50 bits per heavy atom. The number of carbonyl (C=O) groups excluding carboxylic acids is 1. The fraction of sp³-hybridized carbons (Fsp3) is 0.0588. The number of aromatic amines is 1. The lowest BCUT2D eigenvalue weighted by atomic mass is 10.1. The van der Waals surface area contributed by atoms with Crippen molar-refractivity contribution in [2.45, 2.75) is 0 Å². The number of hydrogen-bond acceptors (Lipinski definition) is 3. The Morgan fingerprint density at radius 2 is 1.82 bits per heavy atom. The molecule has 1 amide bonds. The molecule has 0 spiro atoms. The molecule has 0 aliphatic carbocycles. The average Bonchev–Trinajstić information content (AvgIpc) is 2.55. The van der Waals surface area contributed by atoms with Crippen LogP contribution in [0.25, 0.3) is 10.8 Å². The van der Waals surface area contributed by atoms with Crippen molar-refractivity contribution in [2.75, 3.05) is 12.4 Å². The van der Waals surface area contributed by atoms with Crippen molar-refractivity contribution in [1.29, 1.82) is 0 Å². The molecule has 0 saturated heterocycles. The quantitative estimate of drug-likeness (QED) is 0.780. The molecule has 3 aromatic rings. The van der Waals surface area contributed by atoms with E-state index < -0.39 is 0 Å². The van der Waals surface area contributed by atoms with Crippen LogP contribution in [0.5, 0.6) is 5.75 Å². The minimum Gasteiger partial charge on any atom is -0.496 e. The van der Waals surface area contributed by atoms with Gasteiger partial charge in [-0.25, -0.2) is 0 Å². The summed E-state index contributed by atoms with van der Waals surface area (Å²) in [7, 11) is 1.51. The summed E-state index contributed by atoms with van der Waals surface area (Å²) in [4.78, 5) is 26.6. The largest absolute Gasteiger partial charge is 0.496 e. The predicted molar refractivity (Wildman–Crippen MR) is 85.5 cm³/mol. The number of nitrogens with one attached hydrogen (secondary N) is 2. The molecule has 0 saturated carbocycles. The van der Waals surface area contributed by atoms with Crippen molar-refractivity contribution < 1.29 is 9.53 Å². The van der Waals surface area contributed by atoms with E-state index in [1.807, 2.05) is 24.3 Å². The van der Waals surface area contributed by atoms with Crippen LogP contribution >= 0.6 is 0 Å². The standard InChI is InChI=1S/C17H14N2O3/c1-22-15-10-12-6-3-2-5-11(12)9-13(15)16(20)19-14-7-4-8-18-17(14)21/h2-10H,1H3,(H,18,21)(H,19,20). The third-order valence-corrected chi connectivity index (χ3v) is 3.38. The average molecular weight is 294 g/mol. The molecule has 2 N–H and O–H groups in total. The number of ether oxygens (including phenoxy) is 1. The molecule has 0 radical (unpaired) electrons. The van der Waals surface area contributed by atoms with Crippen molar-refractivity contribution in [3.05, 3.63) is 70.6 Å². The zero-order valence-corrected chi connectivity index (χ0v) is 11.9. The highest BCUT2D eigenvalue weighted by Gasteiger charge is 2.14. The first-order valence-electron chi connectivity index (χ1n) is 6.75. The summed E-state index contributed by atoms with van der Waals surface area (Å²) < 4.78 is 5.30. The second-order valence-electron chi connectivity index (χ2n) is 4.77. The third-order valence-electron chi connectivity index (χ3n) is 3.38. The topological polar surface area (TPSA) is 71.2 Å². The van der Waals surface area contributed by atoms with Gasteiger partial charge in [0.05, 0.1) is 12.7 Å². The maximum Gasteiger partial charge on any atom is 0.271 e. The molecule has 1 aromatic heterocycles. The van der Waals surface area contributed by atoms with E-state index in [1.54, 1.807) is 24.3 Å². The Labute approximate surface area is 126 Å². The Balaban J connectivity index is 2.03. The third kappa shape index (κ3) is 2.56. The van der Waals surface area contributed by atoms with Gasteiger partial charge in [0.2, 0.25) is 0 Å². The predicted octanol–water partition coefficient (Wildman–Crippen LogP) is 2.79. The summed E-state index contributed by atoms with van der Waals surface area (Å²) in [6.45, 7) is 0. The van der Waals surface area contributed by atoms with Crippen LogP contribution in [0, 0.1) is 0 Å². The molecule has 0 atom stereocenters. The second kappa shape index (κ2) is 5.73. The van der Waals surface area contributed by atoms with Crippen LogP contribution in [0.4, 0.5) is 5.69 Å². The number of hydrogen-bond donors (Lipinski definition) is 2. The van der Waals surface area contributed by atoms with Crippen molar-refractivity contribution >= 4 is 22.4 Å². The van der Waals surface area contributed by atoms with Gasteiger partial charge in [0.15, 0.2) is 0 Å². The molecule has 1 heterocycles. The van der Waals surface area contributed by atoms with Crippen LogP contribution in [-0.2, 0) is 0 Å². The zero-order valence-electron chi connectivity index (χ0n) is 11.9. The van der Waals surface area contributed by atoms with E-state index in [0.717, 1.165) is 10.8 Å². The number of amides is 1. The normalized spacial score (nSPS) is 10.4. The SMILES string of the molecule is COc1cc2ccccc2cc1C(=O)Nc1ccc[nH]c1=O. The van der Waals surface area contributed by atoms with Crippen LogP contribution < -0.4 is 15.6 Å². The van der Waals surface area contributed by atoms with Crippen LogP contribution in [0.3, 0.4) is 0 Å². The molecule has 0 unspecified atom stereocenters. The van der Waals surface area contributed by atoms with Gasteiger partial charge in [-0.05, 0) is 35.0 Å². The molecular weight excluding hydrogens is 280 g/mol. The van der Waals surface area contributed by atoms with Gasteiger partial charge < -0.3 is 15.0 Å². The molecule has 3 rings (SSSR count). The van der Waals surface area contributed by atoms with Gasteiger partial charge >= 0.3 is 0 Å². The molecule has 5 heteroatoms. The second-order valence-corrected chi connectivity index (χ2v) is 4.77. The molecule has 22 heavy (non-hydrogen) atoms.